The van der Waals surface area contributed by atoms with Gasteiger partial charge in [-0.2, -0.15) is 0 Å². The predicted octanol–water partition coefficient (Wildman–Crippen LogP) is 3.16. The Hall–Kier alpha value is 0.402. The van der Waals surface area contributed by atoms with Crippen LogP contribution in [-0.4, -0.2) is 33.8 Å². The number of hydrogen-bond acceptors (Lipinski definition) is 4. The van der Waals surface area contributed by atoms with Gasteiger partial charge in [-0.1, -0.05) is 0 Å². The van der Waals surface area contributed by atoms with Gasteiger partial charge in [-0.3, -0.25) is 8.42 Å². The molecule has 4 nitrogen and oxygen atoms in total. The van der Waals surface area contributed by atoms with Crippen LogP contribution in [0.5, 0.6) is 0 Å². The number of hydrogen-bond donors (Lipinski definition) is 0. The summed E-state index contributed by atoms with van der Waals surface area (Å²) in [5.41, 5.74) is 0. The molecule has 18 heavy (non-hydrogen) atoms. The van der Waals surface area contributed by atoms with Crippen LogP contribution in [0.3, 0.4) is 0 Å². The van der Waals surface area contributed by atoms with E-state index in [2.05, 4.69) is 23.2 Å². The normalized spacial score (nSPS) is 10.9. The molecule has 0 heterocycles. The monoisotopic (exact) mass is 292 g/mol. The third-order valence-corrected chi connectivity index (χ3v) is 2.97. The van der Waals surface area contributed by atoms with Crippen molar-refractivity contribution in [2.45, 2.75) is 76.4 Å². The quantitative estimate of drug-likeness (QED) is 0.268. The van der Waals surface area contributed by atoms with E-state index in [0.717, 1.165) is 0 Å². The van der Waals surface area contributed by atoms with Gasteiger partial charge in [0.2, 0.25) is 0 Å². The van der Waals surface area contributed by atoms with Crippen molar-refractivity contribution in [3.63, 3.8) is 0 Å². The first kappa shape index (κ1) is 20.7. The summed E-state index contributed by atoms with van der Waals surface area (Å²) >= 11 is 2.81. The summed E-state index contributed by atoms with van der Waals surface area (Å²) < 4.78 is 34.1. The molecule has 0 aliphatic carbocycles. The summed E-state index contributed by atoms with van der Waals surface area (Å²) in [6.07, 6.45) is 14.5. The Balaban J connectivity index is 0. The zero-order valence-corrected chi connectivity index (χ0v) is 13.4. The molecule has 0 aliphatic rings. The van der Waals surface area contributed by atoms with Crippen LogP contribution < -0.4 is 0 Å². The van der Waals surface area contributed by atoms with E-state index >= 15 is 0 Å². The molecule has 0 atom stereocenters. The van der Waals surface area contributed by atoms with Crippen LogP contribution in [0.15, 0.2) is 0 Å². The van der Waals surface area contributed by atoms with E-state index in [-0.39, 0.29) is 0 Å². The van der Waals surface area contributed by atoms with Gasteiger partial charge >= 0.3 is 92.7 Å². The van der Waals surface area contributed by atoms with Gasteiger partial charge in [0.05, 0.1) is 0 Å². The molecular formula is C12H25AlO4S. The van der Waals surface area contributed by atoms with Crippen LogP contribution in [0.1, 0.15) is 71.1 Å². The van der Waals surface area contributed by atoms with Crippen LogP contribution in [0.4, 0.5) is 0 Å². The number of rotatable bonds is 10. The Morgan fingerprint density at radius 1 is 0.778 bits per heavy atom. The molecule has 0 amide bonds. The first-order chi connectivity index (χ1) is 8.41. The summed E-state index contributed by atoms with van der Waals surface area (Å²) in [6, 6.07) is 0. The van der Waals surface area contributed by atoms with Crippen molar-refractivity contribution in [1.82, 2.24) is 0 Å². The van der Waals surface area contributed by atoms with E-state index in [0.29, 0.717) is 0 Å². The molecule has 0 rings (SSSR count). The Bertz CT molecular complexity index is 224. The third-order valence-electron chi connectivity index (χ3n) is 2.56. The average molecular weight is 292 g/mol. The molecule has 0 aromatic heterocycles. The van der Waals surface area contributed by atoms with Crippen molar-refractivity contribution in [2.75, 3.05) is 0 Å². The van der Waals surface area contributed by atoms with Gasteiger partial charge < -0.3 is 9.11 Å². The third kappa shape index (κ3) is 36.0. The largest absolute Gasteiger partial charge is 0.759 e. The summed E-state index contributed by atoms with van der Waals surface area (Å²) in [5, 5.41) is 1.29. The van der Waals surface area contributed by atoms with Crippen LogP contribution in [0, 0.1) is 0 Å². The average Bonchev–Trinajstić information content (AvgIpc) is 2.25. The van der Waals surface area contributed by atoms with E-state index in [1.165, 1.54) is 69.5 Å². The van der Waals surface area contributed by atoms with E-state index in [1.54, 1.807) is 0 Å². The molecule has 0 saturated carbocycles. The van der Waals surface area contributed by atoms with Crippen LogP contribution >= 0.6 is 0 Å². The summed E-state index contributed by atoms with van der Waals surface area (Å²) in [4.78, 5) is 0. The minimum atomic E-state index is -5.17. The fraction of sp³-hybridized carbons (Fsp3) is 1.00. The molecule has 106 valence electrons. The second-order valence-corrected chi connectivity index (χ2v) is 5.77. The first-order valence-electron chi connectivity index (χ1n) is 6.78. The van der Waals surface area contributed by atoms with Crippen LogP contribution in [-0.2, 0) is 10.4 Å². The number of unbranched alkanes of at least 4 members (excludes halogenated alkanes) is 9. The molecule has 0 spiro atoms. The van der Waals surface area contributed by atoms with Gasteiger partial charge in [-0.25, -0.2) is 0 Å². The molecule has 0 aliphatic heterocycles. The van der Waals surface area contributed by atoms with Crippen LogP contribution in [0.2, 0.25) is 5.28 Å². The Morgan fingerprint density at radius 2 is 1.06 bits per heavy atom. The van der Waals surface area contributed by atoms with Gasteiger partial charge in [0, 0.05) is 10.4 Å². The smallest absolute Gasteiger partial charge is 0.0311 e. The summed E-state index contributed by atoms with van der Waals surface area (Å²) in [6.45, 7) is 2.28. The Labute approximate surface area is 121 Å². The molecular weight excluding hydrogens is 267 g/mol. The van der Waals surface area contributed by atoms with E-state index in [1.807, 2.05) is 0 Å². The maximum atomic E-state index is 8.52. The van der Waals surface area contributed by atoms with Gasteiger partial charge in [0.15, 0.2) is 0 Å². The summed E-state index contributed by atoms with van der Waals surface area (Å²) in [7, 11) is -5.17. The van der Waals surface area contributed by atoms with Crippen molar-refractivity contribution in [1.29, 1.82) is 0 Å². The minimum absolute atomic E-state index is 1.29. The molecule has 0 fully saturated rings. The van der Waals surface area contributed by atoms with Gasteiger partial charge in [-0.05, 0) is 0 Å². The van der Waals surface area contributed by atoms with E-state index in [4.69, 9.17) is 17.5 Å². The van der Waals surface area contributed by atoms with E-state index < -0.39 is 10.4 Å². The molecule has 6 heteroatoms. The molecule has 0 bridgehead atoms. The van der Waals surface area contributed by atoms with Crippen molar-refractivity contribution >= 4 is 26.7 Å². The molecule has 0 unspecified atom stereocenters. The Morgan fingerprint density at radius 3 is 1.33 bits per heavy atom. The standard InChI is InChI=1S/C12H25.Al.H2O4S/c1-3-5-7-9-11-12-10-8-6-4-2;;1-5(2,3)4/h1,3-12H2,2H3;;(H2,1,2,3,4)/q;+2;/p-2. The SMILES string of the molecule is CCCCCCCCCCC[CH2][Al+2].O=S(=O)([O-])[O-]. The van der Waals surface area contributed by atoms with Crippen molar-refractivity contribution in [3.8, 4) is 0 Å². The molecule has 0 N–H and O–H groups in total. The fourth-order valence-corrected chi connectivity index (χ4v) is 1.92. The predicted molar refractivity (Wildman–Crippen MR) is 72.9 cm³/mol. The first-order valence-corrected chi connectivity index (χ1v) is 8.93. The van der Waals surface area contributed by atoms with Crippen molar-refractivity contribution in [3.05, 3.63) is 0 Å². The van der Waals surface area contributed by atoms with Gasteiger partial charge in [-0.15, -0.1) is 0 Å². The van der Waals surface area contributed by atoms with Crippen LogP contribution in [0.25, 0.3) is 0 Å². The minimum Gasteiger partial charge on any atom is -0.759 e. The fourth-order valence-electron chi connectivity index (χ4n) is 1.63. The van der Waals surface area contributed by atoms with E-state index in [9.17, 15) is 0 Å². The topological polar surface area (TPSA) is 80.3 Å². The molecule has 0 aromatic rings. The molecule has 0 aromatic carbocycles. The zero-order chi connectivity index (χ0) is 14.3. The van der Waals surface area contributed by atoms with Crippen molar-refractivity contribution < 1.29 is 17.5 Å². The maximum Gasteiger partial charge on any atom is 0.0311 e. The van der Waals surface area contributed by atoms with Gasteiger partial charge in [0.25, 0.3) is 0 Å². The summed E-state index contributed by atoms with van der Waals surface area (Å²) in [5.74, 6) is 0. The molecule has 0 radical (unpaired) electrons. The molecule has 0 saturated heterocycles. The van der Waals surface area contributed by atoms with Gasteiger partial charge in [0.1, 0.15) is 0 Å². The zero-order valence-electron chi connectivity index (χ0n) is 11.4. The Kier molecular flexibility index (Phi) is 17.8. The maximum absolute atomic E-state index is 8.52. The van der Waals surface area contributed by atoms with Crippen molar-refractivity contribution in [2.24, 2.45) is 0 Å². The second kappa shape index (κ2) is 15.5. The second-order valence-electron chi connectivity index (χ2n) is 4.38.